The number of halogens is 3. The number of hydrogen-bond acceptors (Lipinski definition) is 3. The minimum atomic E-state index is -4.42. The molecule has 0 N–H and O–H groups in total. The van der Waals surface area contributed by atoms with E-state index in [4.69, 9.17) is 0 Å². The van der Waals surface area contributed by atoms with Crippen molar-refractivity contribution in [1.82, 2.24) is 19.5 Å². The van der Waals surface area contributed by atoms with Crippen molar-refractivity contribution >= 4 is 11.6 Å². The molecule has 0 fully saturated rings. The van der Waals surface area contributed by atoms with E-state index < -0.39 is 11.7 Å². The largest absolute Gasteiger partial charge is 0.416 e. The average molecular weight is 376 g/mol. The van der Waals surface area contributed by atoms with E-state index in [1.54, 1.807) is 24.4 Å². The van der Waals surface area contributed by atoms with E-state index in [0.717, 1.165) is 12.1 Å². The number of carbonyl (C=O) groups excluding carboxylic acids is 1. The molecule has 0 saturated carbocycles. The molecule has 0 radical (unpaired) electrons. The van der Waals surface area contributed by atoms with Crippen LogP contribution in [0.1, 0.15) is 35.5 Å². The third-order valence-electron chi connectivity index (χ3n) is 4.01. The number of nitrogens with zero attached hydrogens (tertiary/aromatic N) is 4. The van der Waals surface area contributed by atoms with Crippen LogP contribution in [0.5, 0.6) is 0 Å². The lowest BCUT2D eigenvalue weighted by atomic mass is 10.1. The first-order chi connectivity index (χ1) is 12.8. The minimum absolute atomic E-state index is 0.0754. The van der Waals surface area contributed by atoms with Crippen LogP contribution < -0.4 is 0 Å². The van der Waals surface area contributed by atoms with Gasteiger partial charge in [0.1, 0.15) is 5.69 Å². The molecular formula is C19H19F3N4O. The van der Waals surface area contributed by atoms with Gasteiger partial charge >= 0.3 is 6.18 Å². The lowest BCUT2D eigenvalue weighted by molar-refractivity contribution is -0.137. The molecule has 8 heteroatoms. The Bertz CT molecular complexity index is 949. The summed E-state index contributed by atoms with van der Waals surface area (Å²) < 4.78 is 40.4. The van der Waals surface area contributed by atoms with E-state index in [1.165, 1.54) is 21.7 Å². The second kappa shape index (κ2) is 7.38. The predicted octanol–water partition coefficient (Wildman–Crippen LogP) is 4.05. The van der Waals surface area contributed by atoms with Crippen LogP contribution in [0.3, 0.4) is 0 Å². The van der Waals surface area contributed by atoms with E-state index in [-0.39, 0.29) is 18.4 Å². The highest BCUT2D eigenvalue weighted by atomic mass is 19.4. The highest BCUT2D eigenvalue weighted by Crippen LogP contribution is 2.30. The summed E-state index contributed by atoms with van der Waals surface area (Å²) >= 11 is 0. The predicted molar refractivity (Wildman–Crippen MR) is 94.0 cm³/mol. The van der Waals surface area contributed by atoms with Gasteiger partial charge in [0.2, 0.25) is 0 Å². The molecule has 0 bridgehead atoms. The Morgan fingerprint density at radius 1 is 1.19 bits per heavy atom. The van der Waals surface area contributed by atoms with Gasteiger partial charge in [-0.2, -0.15) is 18.3 Å². The van der Waals surface area contributed by atoms with Gasteiger partial charge in [-0.1, -0.05) is 26.0 Å². The molecule has 3 aromatic rings. The number of fused-ring (bicyclic) bond motifs is 1. The Kier molecular flexibility index (Phi) is 5.16. The maximum atomic E-state index is 13.1. The minimum Gasteiger partial charge on any atom is -0.333 e. The monoisotopic (exact) mass is 376 g/mol. The van der Waals surface area contributed by atoms with Crippen molar-refractivity contribution in [3.8, 4) is 0 Å². The zero-order valence-corrected chi connectivity index (χ0v) is 14.9. The summed E-state index contributed by atoms with van der Waals surface area (Å²) in [5.74, 6) is -0.160. The normalized spacial score (nSPS) is 11.9. The molecule has 0 atom stereocenters. The van der Waals surface area contributed by atoms with Crippen LogP contribution in [-0.4, -0.2) is 31.9 Å². The van der Waals surface area contributed by atoms with Crippen molar-refractivity contribution in [2.75, 3.05) is 6.54 Å². The summed E-state index contributed by atoms with van der Waals surface area (Å²) in [7, 11) is 0. The van der Waals surface area contributed by atoms with E-state index in [2.05, 4.69) is 10.1 Å². The zero-order chi connectivity index (χ0) is 19.6. The second-order valence-corrected chi connectivity index (χ2v) is 6.71. The summed E-state index contributed by atoms with van der Waals surface area (Å²) in [6.45, 7) is 4.37. The fourth-order valence-electron chi connectivity index (χ4n) is 2.88. The van der Waals surface area contributed by atoms with Gasteiger partial charge in [-0.3, -0.25) is 4.79 Å². The number of aromatic nitrogens is 3. The first kappa shape index (κ1) is 18.9. The van der Waals surface area contributed by atoms with Gasteiger partial charge in [0.15, 0.2) is 5.65 Å². The van der Waals surface area contributed by atoms with Crippen LogP contribution in [0.25, 0.3) is 5.65 Å². The van der Waals surface area contributed by atoms with E-state index >= 15 is 0 Å². The molecule has 1 aromatic carbocycles. The molecule has 0 aliphatic heterocycles. The van der Waals surface area contributed by atoms with Gasteiger partial charge in [0.05, 0.1) is 11.8 Å². The molecule has 27 heavy (non-hydrogen) atoms. The smallest absolute Gasteiger partial charge is 0.333 e. The molecule has 0 unspecified atom stereocenters. The Morgan fingerprint density at radius 2 is 1.96 bits per heavy atom. The van der Waals surface area contributed by atoms with Gasteiger partial charge < -0.3 is 4.90 Å². The van der Waals surface area contributed by atoms with Crippen LogP contribution >= 0.6 is 0 Å². The molecule has 2 heterocycles. The summed E-state index contributed by atoms with van der Waals surface area (Å²) in [4.78, 5) is 18.8. The lowest BCUT2D eigenvalue weighted by Crippen LogP contribution is -2.35. The van der Waals surface area contributed by atoms with Gasteiger partial charge in [0.25, 0.3) is 5.91 Å². The van der Waals surface area contributed by atoms with Crippen molar-refractivity contribution < 1.29 is 18.0 Å². The summed E-state index contributed by atoms with van der Waals surface area (Å²) in [5.41, 5.74) is 0.543. The number of rotatable bonds is 5. The molecule has 0 spiro atoms. The maximum absolute atomic E-state index is 13.1. The standard InChI is InChI=1S/C19H19F3N4O/c1-13(2)11-25(12-14-4-3-5-15(10-14)19(20,21)22)18(27)16-6-8-23-17-7-9-24-26(16)17/h3-10,13H,11-12H2,1-2H3. The van der Waals surface area contributed by atoms with Gasteiger partial charge in [-0.15, -0.1) is 0 Å². The quantitative estimate of drug-likeness (QED) is 0.675. The number of benzene rings is 1. The van der Waals surface area contributed by atoms with Crippen molar-refractivity contribution in [2.24, 2.45) is 5.92 Å². The number of alkyl halides is 3. The molecule has 3 rings (SSSR count). The van der Waals surface area contributed by atoms with E-state index in [1.807, 2.05) is 13.8 Å². The third-order valence-corrected chi connectivity index (χ3v) is 4.01. The molecule has 0 saturated heterocycles. The Morgan fingerprint density at radius 3 is 2.67 bits per heavy atom. The molecule has 1 amide bonds. The first-order valence-corrected chi connectivity index (χ1v) is 8.50. The van der Waals surface area contributed by atoms with Crippen molar-refractivity contribution in [3.05, 3.63) is 65.6 Å². The summed E-state index contributed by atoms with van der Waals surface area (Å²) in [6, 6.07) is 8.28. The Labute approximate surface area is 154 Å². The topological polar surface area (TPSA) is 50.5 Å². The Hall–Kier alpha value is -2.90. The number of carbonyl (C=O) groups is 1. The molecular weight excluding hydrogens is 357 g/mol. The zero-order valence-electron chi connectivity index (χ0n) is 14.9. The average Bonchev–Trinajstić information content (AvgIpc) is 3.08. The van der Waals surface area contributed by atoms with Gasteiger partial charge in [-0.05, 0) is 29.7 Å². The first-order valence-electron chi connectivity index (χ1n) is 8.50. The van der Waals surface area contributed by atoms with Gasteiger partial charge in [0, 0.05) is 25.4 Å². The van der Waals surface area contributed by atoms with E-state index in [0.29, 0.717) is 23.4 Å². The molecule has 0 aliphatic carbocycles. The summed E-state index contributed by atoms with van der Waals surface area (Å²) in [5, 5.41) is 4.11. The van der Waals surface area contributed by atoms with Crippen LogP contribution in [0, 0.1) is 5.92 Å². The van der Waals surface area contributed by atoms with Crippen LogP contribution in [-0.2, 0) is 12.7 Å². The Balaban J connectivity index is 1.93. The fourth-order valence-corrected chi connectivity index (χ4v) is 2.88. The third kappa shape index (κ3) is 4.27. The number of amides is 1. The lowest BCUT2D eigenvalue weighted by Gasteiger charge is -2.25. The van der Waals surface area contributed by atoms with Crippen molar-refractivity contribution in [3.63, 3.8) is 0 Å². The highest BCUT2D eigenvalue weighted by Gasteiger charge is 2.30. The molecule has 5 nitrogen and oxygen atoms in total. The second-order valence-electron chi connectivity index (χ2n) is 6.71. The maximum Gasteiger partial charge on any atom is 0.416 e. The molecule has 0 aliphatic rings. The summed E-state index contributed by atoms with van der Waals surface area (Å²) in [6.07, 6.45) is -1.37. The molecule has 2 aromatic heterocycles. The van der Waals surface area contributed by atoms with Gasteiger partial charge in [-0.25, -0.2) is 9.50 Å². The van der Waals surface area contributed by atoms with Crippen LogP contribution in [0.4, 0.5) is 13.2 Å². The number of hydrogen-bond donors (Lipinski definition) is 0. The van der Waals surface area contributed by atoms with Crippen LogP contribution in [0.15, 0.2) is 48.8 Å². The van der Waals surface area contributed by atoms with Crippen LogP contribution in [0.2, 0.25) is 0 Å². The van der Waals surface area contributed by atoms with Crippen molar-refractivity contribution in [1.29, 1.82) is 0 Å². The highest BCUT2D eigenvalue weighted by molar-refractivity contribution is 5.93. The molecule has 142 valence electrons. The SMILES string of the molecule is CC(C)CN(Cc1cccc(C(F)(F)F)c1)C(=O)c1ccnc2ccnn12. The fraction of sp³-hybridized carbons (Fsp3) is 0.316. The van der Waals surface area contributed by atoms with Crippen molar-refractivity contribution in [2.45, 2.75) is 26.6 Å². The van der Waals surface area contributed by atoms with E-state index in [9.17, 15) is 18.0 Å².